The minimum Gasteiger partial charge on any atom is -0.507 e. The van der Waals surface area contributed by atoms with E-state index in [1.54, 1.807) is 18.2 Å². The molecule has 9 heteroatoms. The van der Waals surface area contributed by atoms with Crippen LogP contribution in [-0.2, 0) is 9.71 Å². The molecule has 1 unspecified atom stereocenters. The number of halogens is 2. The quantitative estimate of drug-likeness (QED) is 0.0806. The van der Waals surface area contributed by atoms with Crippen molar-refractivity contribution in [2.24, 2.45) is 10.7 Å². The number of nitrogens with one attached hydrogen (secondary N) is 2. The molecule has 0 aliphatic rings. The van der Waals surface area contributed by atoms with Crippen LogP contribution in [0.1, 0.15) is 66.4 Å². The third-order valence-electron chi connectivity index (χ3n) is 4.82. The van der Waals surface area contributed by atoms with E-state index in [-0.39, 0.29) is 5.75 Å². The van der Waals surface area contributed by atoms with Crippen LogP contribution in [-0.4, -0.2) is 47.7 Å². The fraction of sp³-hybridized carbons (Fsp3) is 0.448. The van der Waals surface area contributed by atoms with Gasteiger partial charge in [-0.3, -0.25) is 4.99 Å². The summed E-state index contributed by atoms with van der Waals surface area (Å²) >= 11 is 3.45. The zero-order valence-electron chi connectivity index (χ0n) is 24.1. The fourth-order valence-corrected chi connectivity index (χ4v) is 4.39. The molecule has 0 spiro atoms. The lowest BCUT2D eigenvalue weighted by molar-refractivity contribution is 0.474. The number of hydrogen-bond acceptors (Lipinski definition) is 5. The van der Waals surface area contributed by atoms with Crippen LogP contribution in [0.5, 0.6) is 5.75 Å². The van der Waals surface area contributed by atoms with Crippen LogP contribution >= 0.6 is 15.9 Å². The van der Waals surface area contributed by atoms with Crippen molar-refractivity contribution in [2.75, 3.05) is 26.8 Å². The van der Waals surface area contributed by atoms with Gasteiger partial charge in [-0.1, -0.05) is 61.0 Å². The van der Waals surface area contributed by atoms with Crippen LogP contribution < -0.4 is 15.8 Å². The Balaban J connectivity index is 0. The molecule has 5 N–H and O–H groups in total. The van der Waals surface area contributed by atoms with Crippen molar-refractivity contribution < 1.29 is 13.7 Å². The Kier molecular flexibility index (Phi) is 22.7. The molecule has 38 heavy (non-hydrogen) atoms. The zero-order valence-corrected chi connectivity index (χ0v) is 26.5. The molecule has 0 aliphatic carbocycles. The normalized spacial score (nSPS) is 14.5. The van der Waals surface area contributed by atoms with Gasteiger partial charge in [0.2, 0.25) is 0 Å². The van der Waals surface area contributed by atoms with Crippen LogP contribution in [0.15, 0.2) is 74.3 Å². The number of nitrogens with two attached hydrogens (primary N) is 1. The van der Waals surface area contributed by atoms with Gasteiger partial charge >= 0.3 is 0 Å². The Morgan fingerprint density at radius 3 is 2.34 bits per heavy atom. The Morgan fingerprint density at radius 2 is 1.79 bits per heavy atom. The number of aliphatic imine (C=N–C) groups is 1. The highest BCUT2D eigenvalue weighted by Gasteiger charge is 2.09. The Morgan fingerprint density at radius 1 is 1.18 bits per heavy atom. The molecule has 216 valence electrons. The first-order valence-electron chi connectivity index (χ1n) is 12.9. The van der Waals surface area contributed by atoms with Gasteiger partial charge in [0.05, 0.1) is 15.4 Å². The van der Waals surface area contributed by atoms with Gasteiger partial charge in [0.25, 0.3) is 0 Å². The van der Waals surface area contributed by atoms with Crippen molar-refractivity contribution in [1.29, 1.82) is 0 Å². The zero-order chi connectivity index (χ0) is 29.6. The van der Waals surface area contributed by atoms with Gasteiger partial charge in [-0.25, -0.2) is 13.3 Å². The second kappa shape index (κ2) is 22.8. The van der Waals surface area contributed by atoms with E-state index in [0.717, 1.165) is 35.3 Å². The molecule has 0 saturated carbocycles. The lowest BCUT2D eigenvalue weighted by Crippen LogP contribution is -2.26. The summed E-state index contributed by atoms with van der Waals surface area (Å²) in [5.41, 5.74) is 7.56. The van der Waals surface area contributed by atoms with Crippen LogP contribution in [0.3, 0.4) is 0 Å². The van der Waals surface area contributed by atoms with E-state index < -0.39 is 16.4 Å². The van der Waals surface area contributed by atoms with Gasteiger partial charge in [-0.15, -0.1) is 0 Å². The van der Waals surface area contributed by atoms with Crippen molar-refractivity contribution in [3.8, 4) is 5.75 Å². The summed E-state index contributed by atoms with van der Waals surface area (Å²) in [5.74, 6) is 3.97. The van der Waals surface area contributed by atoms with Crippen LogP contribution in [0, 0.1) is 0 Å². The van der Waals surface area contributed by atoms with Gasteiger partial charge < -0.3 is 16.2 Å². The number of unbranched alkanes of at least 4 members (excludes halogenated alkanes) is 1. The molecule has 1 aromatic rings. The van der Waals surface area contributed by atoms with E-state index in [1.807, 2.05) is 65.8 Å². The number of benzene rings is 1. The van der Waals surface area contributed by atoms with Gasteiger partial charge in [-0.2, -0.15) is 0 Å². The number of allylic oxidation sites excluding steroid dienone is 7. The smallest absolute Gasteiger partial charge is 0.124 e. The Hall–Kier alpha value is -2.20. The third kappa shape index (κ3) is 15.9. The average molecular weight is 616 g/mol. The van der Waals surface area contributed by atoms with Crippen LogP contribution in [0.25, 0.3) is 0 Å². The molecule has 1 aromatic carbocycles. The van der Waals surface area contributed by atoms with E-state index >= 15 is 0 Å². The highest BCUT2D eigenvalue weighted by atomic mass is 79.9. The lowest BCUT2D eigenvalue weighted by Gasteiger charge is -2.13. The largest absolute Gasteiger partial charge is 0.507 e. The average Bonchev–Trinajstić information content (AvgIpc) is 2.90. The van der Waals surface area contributed by atoms with Crippen molar-refractivity contribution in [2.45, 2.75) is 60.8 Å². The van der Waals surface area contributed by atoms with E-state index in [4.69, 9.17) is 0 Å². The summed E-state index contributed by atoms with van der Waals surface area (Å²) in [5, 5.41) is 13.6. The number of hydrogen-bond donors (Lipinski definition) is 4. The first-order chi connectivity index (χ1) is 18.1. The number of rotatable bonds is 14. The van der Waals surface area contributed by atoms with Crippen molar-refractivity contribution in [3.63, 3.8) is 0 Å². The molecule has 0 aromatic heterocycles. The standard InChI is InChI=1S/C26H37BrFN3O2S.C2H6.CH5N/c1-6-12-23(13-11-16-28)34(5,33)30-18-10-9-17-29-20(2)19-25(31-22(4)21(3)27)24-14-7-8-15-26(24)32;2*1-2/h7-8,11-15,19,29,32H,5-6,9-10,16-18H2,1-4H3,(H,30,33);1-2H3;2H2,1H3/b13-11-,20-19+,22-21-,23-12+,31-25-;;. The molecule has 0 radical (unpaired) electrons. The topological polar surface area (TPSA) is 99.7 Å². The fourth-order valence-electron chi connectivity index (χ4n) is 2.90. The summed E-state index contributed by atoms with van der Waals surface area (Å²) < 4.78 is 29.2. The number of phenolic OH excluding ortho intramolecular Hbond substituents is 1. The SMILES string of the molecule is C=S(=O)(NCCCCN/C(C)=C/C(=N/C(C)=C(/C)Br)c1ccccc1O)C(/C=C\CF)=C/CC.CC.CN. The van der Waals surface area contributed by atoms with Crippen LogP contribution in [0.2, 0.25) is 0 Å². The summed E-state index contributed by atoms with van der Waals surface area (Å²) in [6, 6.07) is 7.12. The maximum Gasteiger partial charge on any atom is 0.124 e. The molecule has 0 saturated heterocycles. The van der Waals surface area contributed by atoms with E-state index in [2.05, 4.69) is 42.6 Å². The maximum absolute atomic E-state index is 12.8. The van der Waals surface area contributed by atoms with Crippen molar-refractivity contribution >= 4 is 37.2 Å². The van der Waals surface area contributed by atoms with E-state index in [1.165, 1.54) is 13.1 Å². The third-order valence-corrected chi connectivity index (χ3v) is 7.13. The molecular weight excluding hydrogens is 567 g/mol. The maximum atomic E-state index is 12.8. The molecule has 1 atom stereocenters. The highest BCUT2D eigenvalue weighted by molar-refractivity contribution is 9.11. The number of phenols is 1. The van der Waals surface area contributed by atoms with Gasteiger partial charge in [0.15, 0.2) is 0 Å². The summed E-state index contributed by atoms with van der Waals surface area (Å²) in [7, 11) is -1.15. The first-order valence-corrected chi connectivity index (χ1v) is 15.4. The second-order valence-corrected chi connectivity index (χ2v) is 11.0. The molecule has 0 fully saturated rings. The van der Waals surface area contributed by atoms with Gasteiger partial charge in [0, 0.05) is 39.4 Å². The lowest BCUT2D eigenvalue weighted by atomic mass is 10.1. The summed E-state index contributed by atoms with van der Waals surface area (Å²) in [4.78, 5) is 5.21. The van der Waals surface area contributed by atoms with Gasteiger partial charge in [0.1, 0.15) is 12.4 Å². The minimum absolute atomic E-state index is 0.172. The molecule has 0 aliphatic heterocycles. The van der Waals surface area contributed by atoms with Crippen molar-refractivity contribution in [3.05, 3.63) is 74.9 Å². The molecule has 0 bridgehead atoms. The second-order valence-electron chi connectivity index (χ2n) is 7.74. The highest BCUT2D eigenvalue weighted by Crippen LogP contribution is 2.21. The number of nitrogens with zero attached hydrogens (tertiary/aromatic N) is 1. The van der Waals surface area contributed by atoms with Crippen LogP contribution in [0.4, 0.5) is 4.39 Å². The molecular formula is C29H48BrFN4O2S. The minimum atomic E-state index is -2.65. The van der Waals surface area contributed by atoms with Crippen molar-refractivity contribution in [1.82, 2.24) is 10.0 Å². The molecule has 0 amide bonds. The molecule has 0 heterocycles. The first kappa shape index (κ1) is 37.9. The number of para-hydroxylation sites is 1. The van der Waals surface area contributed by atoms with E-state index in [9.17, 15) is 13.7 Å². The predicted octanol–water partition coefficient (Wildman–Crippen LogP) is 6.74. The summed E-state index contributed by atoms with van der Waals surface area (Å²) in [6.07, 6.45) is 8.95. The number of alkyl halides is 1. The number of aromatic hydroxyl groups is 1. The van der Waals surface area contributed by atoms with E-state index in [0.29, 0.717) is 29.1 Å². The van der Waals surface area contributed by atoms with Gasteiger partial charge in [-0.05, 0) is 77.2 Å². The Bertz CT molecular complexity index is 1060. The molecule has 1 rings (SSSR count). The predicted molar refractivity (Wildman–Crippen MR) is 171 cm³/mol. The summed E-state index contributed by atoms with van der Waals surface area (Å²) in [6.45, 7) is 12.4. The Labute approximate surface area is 239 Å². The monoisotopic (exact) mass is 614 g/mol. The molecule has 6 nitrogen and oxygen atoms in total.